The second-order valence-corrected chi connectivity index (χ2v) is 8.15. The van der Waals surface area contributed by atoms with Crippen LogP contribution in [0.15, 0.2) is 64.5 Å². The van der Waals surface area contributed by atoms with E-state index in [0.717, 1.165) is 0 Å². The Labute approximate surface area is 201 Å². The standard InChI is InChI=1S/C26H25N5O4/c1-17(2)35-14-6-13-31-23(29-25(32)18-8-10-20(34-3)11-9-18)19(16-27)15-21-24(31)28-22-7-4-5-12-30(22)26(21)33/h4-5,7-12,15,17H,6,13-14H2,1-3H3. The maximum Gasteiger partial charge on any atom is 0.278 e. The number of fused-ring (bicyclic) bond motifs is 2. The van der Waals surface area contributed by atoms with E-state index >= 15 is 0 Å². The summed E-state index contributed by atoms with van der Waals surface area (Å²) in [6.45, 7) is 4.70. The lowest BCUT2D eigenvalue weighted by Crippen LogP contribution is -2.30. The molecule has 1 aromatic carbocycles. The Morgan fingerprint density at radius 3 is 2.66 bits per heavy atom. The van der Waals surface area contributed by atoms with E-state index in [1.807, 2.05) is 13.8 Å². The summed E-state index contributed by atoms with van der Waals surface area (Å²) in [4.78, 5) is 35.2. The molecule has 4 rings (SSSR count). The van der Waals surface area contributed by atoms with Gasteiger partial charge in [0.15, 0.2) is 5.49 Å². The summed E-state index contributed by atoms with van der Waals surface area (Å²) in [5, 5.41) is 10.2. The molecule has 0 aliphatic heterocycles. The van der Waals surface area contributed by atoms with Crippen molar-refractivity contribution in [2.24, 2.45) is 4.99 Å². The molecule has 178 valence electrons. The minimum atomic E-state index is -0.520. The number of nitrogens with zero attached hydrogens (tertiary/aromatic N) is 5. The van der Waals surface area contributed by atoms with Crippen molar-refractivity contribution in [3.63, 3.8) is 0 Å². The van der Waals surface area contributed by atoms with Gasteiger partial charge in [0.2, 0.25) is 0 Å². The molecule has 3 aromatic heterocycles. The van der Waals surface area contributed by atoms with Gasteiger partial charge in [0.25, 0.3) is 11.5 Å². The van der Waals surface area contributed by atoms with Crippen molar-refractivity contribution in [1.29, 1.82) is 5.26 Å². The highest BCUT2D eigenvalue weighted by molar-refractivity contribution is 5.95. The molecule has 0 aliphatic carbocycles. The second-order valence-electron chi connectivity index (χ2n) is 8.15. The molecular weight excluding hydrogens is 446 g/mol. The number of methoxy groups -OCH3 is 1. The molecule has 0 fully saturated rings. The molecular formula is C26H25N5O4. The van der Waals surface area contributed by atoms with Crippen molar-refractivity contribution in [1.82, 2.24) is 14.0 Å². The molecule has 35 heavy (non-hydrogen) atoms. The van der Waals surface area contributed by atoms with Crippen molar-refractivity contribution in [2.75, 3.05) is 13.7 Å². The van der Waals surface area contributed by atoms with Crippen molar-refractivity contribution < 1.29 is 14.3 Å². The molecule has 3 heterocycles. The number of hydrogen-bond acceptors (Lipinski definition) is 6. The van der Waals surface area contributed by atoms with Crippen LogP contribution in [-0.4, -0.2) is 39.7 Å². The first-order valence-corrected chi connectivity index (χ1v) is 11.2. The van der Waals surface area contributed by atoms with Crippen LogP contribution in [0.3, 0.4) is 0 Å². The van der Waals surface area contributed by atoms with E-state index in [2.05, 4.69) is 16.0 Å². The van der Waals surface area contributed by atoms with Crippen LogP contribution in [0.25, 0.3) is 16.7 Å². The summed E-state index contributed by atoms with van der Waals surface area (Å²) in [7, 11) is 1.54. The molecule has 0 unspecified atom stereocenters. The SMILES string of the molecule is COc1ccc(C(=O)N=c2c(C#N)cc3c(=O)n4ccccc4nc3n2CCCOC(C)C)cc1. The van der Waals surface area contributed by atoms with E-state index in [0.29, 0.717) is 42.2 Å². The van der Waals surface area contributed by atoms with Crippen molar-refractivity contribution in [2.45, 2.75) is 32.9 Å². The number of carbonyl (C=O) groups is 1. The smallest absolute Gasteiger partial charge is 0.278 e. The maximum absolute atomic E-state index is 13.2. The Morgan fingerprint density at radius 2 is 1.97 bits per heavy atom. The minimum absolute atomic E-state index is 0.0645. The number of amides is 1. The Hall–Kier alpha value is -4.29. The monoisotopic (exact) mass is 471 g/mol. The zero-order valence-corrected chi connectivity index (χ0v) is 19.8. The molecule has 1 amide bonds. The summed E-state index contributed by atoms with van der Waals surface area (Å²) in [5.74, 6) is 0.0925. The van der Waals surface area contributed by atoms with Gasteiger partial charge in [-0.15, -0.1) is 0 Å². The predicted octanol–water partition coefficient (Wildman–Crippen LogP) is 3.09. The van der Waals surface area contributed by atoms with Crippen LogP contribution in [0, 0.1) is 11.3 Å². The third-order valence-corrected chi connectivity index (χ3v) is 5.43. The van der Waals surface area contributed by atoms with E-state index in [1.165, 1.54) is 10.5 Å². The van der Waals surface area contributed by atoms with Gasteiger partial charge in [-0.2, -0.15) is 10.3 Å². The molecule has 9 heteroatoms. The average molecular weight is 472 g/mol. The second kappa shape index (κ2) is 10.3. The summed E-state index contributed by atoms with van der Waals surface area (Å²) in [5.41, 5.74) is 1.11. The number of carbonyl (C=O) groups excluding carboxylic acids is 1. The van der Waals surface area contributed by atoms with Crippen LogP contribution in [-0.2, 0) is 11.3 Å². The fourth-order valence-corrected chi connectivity index (χ4v) is 3.73. The van der Waals surface area contributed by atoms with Gasteiger partial charge in [-0.05, 0) is 62.7 Å². The van der Waals surface area contributed by atoms with E-state index in [-0.39, 0.29) is 28.1 Å². The third-order valence-electron chi connectivity index (χ3n) is 5.43. The summed E-state index contributed by atoms with van der Waals surface area (Å²) < 4.78 is 13.9. The summed E-state index contributed by atoms with van der Waals surface area (Å²) in [6, 6.07) is 15.3. The Morgan fingerprint density at radius 1 is 1.20 bits per heavy atom. The molecule has 0 spiro atoms. The first-order valence-electron chi connectivity index (χ1n) is 11.2. The highest BCUT2D eigenvalue weighted by atomic mass is 16.5. The summed E-state index contributed by atoms with van der Waals surface area (Å²) >= 11 is 0. The largest absolute Gasteiger partial charge is 0.497 e. The number of hydrogen-bond donors (Lipinski definition) is 0. The van der Waals surface area contributed by atoms with Gasteiger partial charge in [-0.25, -0.2) is 4.98 Å². The lowest BCUT2D eigenvalue weighted by atomic mass is 10.2. The third kappa shape index (κ3) is 4.98. The van der Waals surface area contributed by atoms with E-state index in [9.17, 15) is 14.9 Å². The van der Waals surface area contributed by atoms with Gasteiger partial charge in [-0.1, -0.05) is 6.07 Å². The van der Waals surface area contributed by atoms with Crippen molar-refractivity contribution in [3.05, 3.63) is 81.7 Å². The van der Waals surface area contributed by atoms with Crippen LogP contribution in [0.4, 0.5) is 0 Å². The molecule has 4 aromatic rings. The number of pyridine rings is 2. The number of rotatable bonds is 7. The van der Waals surface area contributed by atoms with Gasteiger partial charge in [0.1, 0.15) is 23.1 Å². The highest BCUT2D eigenvalue weighted by Crippen LogP contribution is 2.13. The van der Waals surface area contributed by atoms with E-state index in [1.54, 1.807) is 60.3 Å². The molecule has 0 atom stereocenters. The normalized spacial score (nSPS) is 11.8. The predicted molar refractivity (Wildman–Crippen MR) is 130 cm³/mol. The van der Waals surface area contributed by atoms with Gasteiger partial charge < -0.3 is 14.0 Å². The van der Waals surface area contributed by atoms with Crippen molar-refractivity contribution in [3.8, 4) is 11.8 Å². The maximum atomic E-state index is 13.2. The molecule has 0 bridgehead atoms. The number of aromatic nitrogens is 3. The zero-order valence-electron chi connectivity index (χ0n) is 19.8. The average Bonchev–Trinajstić information content (AvgIpc) is 2.87. The van der Waals surface area contributed by atoms with Crippen LogP contribution < -0.4 is 15.8 Å². The van der Waals surface area contributed by atoms with Crippen LogP contribution in [0.1, 0.15) is 36.2 Å². The van der Waals surface area contributed by atoms with E-state index in [4.69, 9.17) is 9.47 Å². The molecule has 0 saturated carbocycles. The minimum Gasteiger partial charge on any atom is -0.497 e. The van der Waals surface area contributed by atoms with Gasteiger partial charge in [-0.3, -0.25) is 14.0 Å². The van der Waals surface area contributed by atoms with Crippen LogP contribution >= 0.6 is 0 Å². The zero-order chi connectivity index (χ0) is 24.9. The molecule has 0 aliphatic rings. The first kappa shape index (κ1) is 23.9. The highest BCUT2D eigenvalue weighted by Gasteiger charge is 2.15. The Kier molecular flexibility index (Phi) is 7.03. The number of nitriles is 1. The molecule has 0 radical (unpaired) electrons. The van der Waals surface area contributed by atoms with Crippen LogP contribution in [0.2, 0.25) is 0 Å². The fourth-order valence-electron chi connectivity index (χ4n) is 3.73. The fraction of sp³-hybridized carbons (Fsp3) is 0.269. The molecule has 0 N–H and O–H groups in total. The Balaban J connectivity index is 1.94. The van der Waals surface area contributed by atoms with Gasteiger partial charge in [0, 0.05) is 24.9 Å². The van der Waals surface area contributed by atoms with E-state index < -0.39 is 5.91 Å². The first-order chi connectivity index (χ1) is 16.9. The van der Waals surface area contributed by atoms with Crippen LogP contribution in [0.5, 0.6) is 5.75 Å². The van der Waals surface area contributed by atoms with Gasteiger partial charge in [0.05, 0.1) is 24.2 Å². The van der Waals surface area contributed by atoms with Crippen molar-refractivity contribution >= 4 is 22.6 Å². The lowest BCUT2D eigenvalue weighted by molar-refractivity contribution is 0.0748. The number of benzene rings is 1. The number of ether oxygens (including phenoxy) is 2. The topological polar surface area (TPSA) is 111 Å². The molecule has 9 nitrogen and oxygen atoms in total. The lowest BCUT2D eigenvalue weighted by Gasteiger charge is -2.14. The Bertz CT molecular complexity index is 1560. The summed E-state index contributed by atoms with van der Waals surface area (Å²) in [6.07, 6.45) is 2.26. The van der Waals surface area contributed by atoms with Gasteiger partial charge >= 0.3 is 0 Å². The molecule has 0 saturated heterocycles. The number of aryl methyl sites for hydroxylation is 1. The quantitative estimate of drug-likeness (QED) is 0.303.